The van der Waals surface area contributed by atoms with Gasteiger partial charge in [-0.05, 0) is 101 Å². The normalized spacial score (nSPS) is 31.4. The van der Waals surface area contributed by atoms with Gasteiger partial charge in [0.15, 0.2) is 0 Å². The molecule has 4 aliphatic rings. The molecule has 2 bridgehead atoms. The smallest absolute Gasteiger partial charge is 0.360 e. The first-order valence-corrected chi connectivity index (χ1v) is 13.2. The number of nitrogens with zero attached hydrogens (tertiary/aromatic N) is 3. The van der Waals surface area contributed by atoms with Gasteiger partial charge in [-0.1, -0.05) is 26.0 Å². The second-order valence-electron chi connectivity index (χ2n) is 11.8. The van der Waals surface area contributed by atoms with E-state index < -0.39 is 11.5 Å². The number of para-hydroxylation sites is 2. The molecule has 3 aliphatic carbocycles. The fourth-order valence-electron chi connectivity index (χ4n) is 7.63. The van der Waals surface area contributed by atoms with E-state index in [0.29, 0.717) is 28.5 Å². The molecule has 6 rings (SSSR count). The number of carbonyl (C=O) groups is 1. The van der Waals surface area contributed by atoms with Crippen LogP contribution < -0.4 is 5.56 Å². The Labute approximate surface area is 202 Å². The summed E-state index contributed by atoms with van der Waals surface area (Å²) in [6.45, 7) is 10.5. The second-order valence-corrected chi connectivity index (χ2v) is 11.8. The molecule has 0 spiro atoms. The number of carboxylic acid groups (broad SMARTS) is 1. The first kappa shape index (κ1) is 23.5. The predicted octanol–water partition coefficient (Wildman–Crippen LogP) is 5.36. The molecule has 0 radical (unpaired) electrons. The Morgan fingerprint density at radius 2 is 1.97 bits per heavy atom. The highest BCUT2D eigenvalue weighted by Gasteiger charge is 2.53. The van der Waals surface area contributed by atoms with Crippen molar-refractivity contribution >= 4 is 17.0 Å². The summed E-state index contributed by atoms with van der Waals surface area (Å²) < 4.78 is 1.67. The molecule has 2 aromatic rings. The topological polar surface area (TPSA) is 75.4 Å². The zero-order valence-corrected chi connectivity index (χ0v) is 21.0. The number of fused-ring (bicyclic) bond motifs is 3. The maximum absolute atomic E-state index is 13.1. The standard InChI is InChI=1S/C28H39N3O3/c1-17-9-12-21(30(17)14-13-19-10-11-20-16-22(19)28(20,3)4)15-18(2)31-24-8-6-5-7-23(24)29-25(26(31)32)27(33)34/h5-8,17-22H,9-16H2,1-4H3,(H,33,34)/t17-,18-,19-,20-,21-,22-/m0/s1. The fraction of sp³-hybridized carbons (Fsp3) is 0.679. The van der Waals surface area contributed by atoms with E-state index in [-0.39, 0.29) is 11.7 Å². The Kier molecular flexibility index (Phi) is 6.07. The van der Waals surface area contributed by atoms with Crippen LogP contribution >= 0.6 is 0 Å². The Morgan fingerprint density at radius 1 is 1.21 bits per heavy atom. The fourth-order valence-corrected chi connectivity index (χ4v) is 7.63. The highest BCUT2D eigenvalue weighted by atomic mass is 16.4. The van der Waals surface area contributed by atoms with Crippen LogP contribution in [0.15, 0.2) is 29.1 Å². The van der Waals surface area contributed by atoms with E-state index in [1.54, 1.807) is 10.6 Å². The lowest BCUT2D eigenvalue weighted by Gasteiger charge is -2.60. The van der Waals surface area contributed by atoms with Crippen LogP contribution in [0.1, 0.15) is 89.2 Å². The molecule has 0 amide bonds. The van der Waals surface area contributed by atoms with Crippen LogP contribution in [-0.4, -0.2) is 44.2 Å². The van der Waals surface area contributed by atoms with E-state index in [9.17, 15) is 14.7 Å². The van der Waals surface area contributed by atoms with Gasteiger partial charge in [0, 0.05) is 18.1 Å². The molecule has 6 heteroatoms. The van der Waals surface area contributed by atoms with Gasteiger partial charge in [-0.25, -0.2) is 9.78 Å². The van der Waals surface area contributed by atoms with Gasteiger partial charge >= 0.3 is 5.97 Å². The van der Waals surface area contributed by atoms with Crippen molar-refractivity contribution in [3.05, 3.63) is 40.3 Å². The van der Waals surface area contributed by atoms with Crippen LogP contribution in [0.4, 0.5) is 0 Å². The van der Waals surface area contributed by atoms with Gasteiger partial charge in [-0.15, -0.1) is 0 Å². The van der Waals surface area contributed by atoms with E-state index in [4.69, 9.17) is 0 Å². The van der Waals surface area contributed by atoms with Gasteiger partial charge in [-0.3, -0.25) is 9.69 Å². The summed E-state index contributed by atoms with van der Waals surface area (Å²) in [7, 11) is 0. The van der Waals surface area contributed by atoms with Crippen molar-refractivity contribution in [2.45, 2.75) is 90.8 Å². The maximum Gasteiger partial charge on any atom is 0.360 e. The Hall–Kier alpha value is -2.21. The van der Waals surface area contributed by atoms with Crippen molar-refractivity contribution < 1.29 is 9.90 Å². The molecule has 1 aliphatic heterocycles. The van der Waals surface area contributed by atoms with Gasteiger partial charge in [-0.2, -0.15) is 0 Å². The van der Waals surface area contributed by atoms with Crippen molar-refractivity contribution in [2.24, 2.45) is 23.2 Å². The van der Waals surface area contributed by atoms with Crippen LogP contribution in [0.5, 0.6) is 0 Å². The van der Waals surface area contributed by atoms with E-state index in [2.05, 4.69) is 37.6 Å². The van der Waals surface area contributed by atoms with Crippen LogP contribution in [0.25, 0.3) is 11.0 Å². The first-order valence-electron chi connectivity index (χ1n) is 13.2. The quantitative estimate of drug-likeness (QED) is 0.596. The number of hydrogen-bond donors (Lipinski definition) is 1. The van der Waals surface area contributed by atoms with Gasteiger partial charge < -0.3 is 9.67 Å². The zero-order valence-electron chi connectivity index (χ0n) is 21.0. The summed E-state index contributed by atoms with van der Waals surface area (Å²) in [5, 5.41) is 9.56. The highest BCUT2D eigenvalue weighted by molar-refractivity contribution is 5.88. The number of carboxylic acids is 1. The Morgan fingerprint density at radius 3 is 2.68 bits per heavy atom. The van der Waals surface area contributed by atoms with Crippen molar-refractivity contribution in [1.82, 2.24) is 14.5 Å². The summed E-state index contributed by atoms with van der Waals surface area (Å²) in [5.74, 6) is 1.41. The zero-order chi connectivity index (χ0) is 24.2. The average molecular weight is 466 g/mol. The molecule has 1 N–H and O–H groups in total. The molecule has 6 nitrogen and oxygen atoms in total. The number of aromatic carboxylic acids is 1. The molecular weight excluding hydrogens is 426 g/mol. The third kappa shape index (κ3) is 3.88. The summed E-state index contributed by atoms with van der Waals surface area (Å²) in [5.41, 5.74) is 0.910. The number of likely N-dealkylation sites (tertiary alicyclic amines) is 1. The number of rotatable bonds is 7. The minimum Gasteiger partial charge on any atom is -0.476 e. The van der Waals surface area contributed by atoms with Crippen LogP contribution in [0, 0.1) is 23.2 Å². The van der Waals surface area contributed by atoms with E-state index in [1.807, 2.05) is 18.2 Å². The molecule has 0 unspecified atom stereocenters. The summed E-state index contributed by atoms with van der Waals surface area (Å²) in [6, 6.07) is 8.25. The largest absolute Gasteiger partial charge is 0.476 e. The summed E-state index contributed by atoms with van der Waals surface area (Å²) in [6.07, 6.45) is 8.66. The lowest BCUT2D eigenvalue weighted by Crippen LogP contribution is -2.53. The lowest BCUT2D eigenvalue weighted by atomic mass is 9.45. The third-order valence-electron chi connectivity index (χ3n) is 9.76. The average Bonchev–Trinajstić information content (AvgIpc) is 3.15. The van der Waals surface area contributed by atoms with Crippen molar-refractivity contribution in [1.29, 1.82) is 0 Å². The third-order valence-corrected chi connectivity index (χ3v) is 9.76. The SMILES string of the molecule is C[C@H]1CC[C@@H](C[C@H](C)n2c(=O)c(C(=O)O)nc3ccccc32)N1CC[C@@H]1CC[C@H]2C[C@@H]1C2(C)C. The monoisotopic (exact) mass is 465 g/mol. The minimum absolute atomic E-state index is 0.0997. The van der Waals surface area contributed by atoms with E-state index in [0.717, 1.165) is 37.1 Å². The van der Waals surface area contributed by atoms with Gasteiger partial charge in [0.25, 0.3) is 5.56 Å². The summed E-state index contributed by atoms with van der Waals surface area (Å²) in [4.78, 5) is 31.6. The molecule has 1 saturated heterocycles. The molecular formula is C28H39N3O3. The first-order chi connectivity index (χ1) is 16.2. The summed E-state index contributed by atoms with van der Waals surface area (Å²) >= 11 is 0. The van der Waals surface area contributed by atoms with Crippen molar-refractivity contribution in [3.63, 3.8) is 0 Å². The van der Waals surface area contributed by atoms with Crippen molar-refractivity contribution in [2.75, 3.05) is 6.54 Å². The predicted molar refractivity (Wildman–Crippen MR) is 134 cm³/mol. The molecule has 6 atom stereocenters. The van der Waals surface area contributed by atoms with Gasteiger partial charge in [0.2, 0.25) is 5.69 Å². The van der Waals surface area contributed by atoms with Crippen LogP contribution in [0.2, 0.25) is 0 Å². The van der Waals surface area contributed by atoms with E-state index >= 15 is 0 Å². The molecule has 184 valence electrons. The molecule has 2 heterocycles. The molecule has 3 saturated carbocycles. The number of hydrogen-bond acceptors (Lipinski definition) is 4. The molecule has 1 aromatic heterocycles. The minimum atomic E-state index is -1.26. The molecule has 4 fully saturated rings. The van der Waals surface area contributed by atoms with Crippen molar-refractivity contribution in [3.8, 4) is 0 Å². The molecule has 34 heavy (non-hydrogen) atoms. The molecule has 1 aromatic carbocycles. The van der Waals surface area contributed by atoms with Crippen LogP contribution in [-0.2, 0) is 0 Å². The Balaban J connectivity index is 1.34. The number of aromatic nitrogens is 2. The second kappa shape index (κ2) is 8.78. The maximum atomic E-state index is 13.1. The lowest BCUT2D eigenvalue weighted by molar-refractivity contribution is -0.108. The Bertz CT molecular complexity index is 1140. The van der Waals surface area contributed by atoms with Gasteiger partial charge in [0.1, 0.15) is 0 Å². The highest BCUT2D eigenvalue weighted by Crippen LogP contribution is 2.62. The van der Waals surface area contributed by atoms with Gasteiger partial charge in [0.05, 0.1) is 11.0 Å². The van der Waals surface area contributed by atoms with Crippen LogP contribution in [0.3, 0.4) is 0 Å². The number of benzene rings is 1. The van der Waals surface area contributed by atoms with E-state index in [1.165, 1.54) is 32.1 Å².